The van der Waals surface area contributed by atoms with E-state index in [0.717, 1.165) is 12.1 Å². The molecule has 0 heterocycles. The van der Waals surface area contributed by atoms with Crippen LogP contribution in [-0.2, 0) is 4.52 Å². The molecule has 0 atom stereocenters. The molecule has 0 aliphatic carbocycles. The number of hydrogen-bond donors (Lipinski definition) is 0. The zero-order valence-corrected chi connectivity index (χ0v) is 9.74. The van der Waals surface area contributed by atoms with Gasteiger partial charge in [-0.3, -0.25) is 0 Å². The van der Waals surface area contributed by atoms with Gasteiger partial charge in [-0.2, -0.15) is 26.3 Å². The standard InChI is InChI=1S/C9H6F8OP/c10-8(11,12)7(9(13,14)15)18-19(16,17)6-4-2-1-3-5-6/h1-5,7H/q+1. The van der Waals surface area contributed by atoms with Crippen LogP contribution in [0, 0.1) is 0 Å². The second-order valence-electron chi connectivity index (χ2n) is 3.37. The molecule has 1 aromatic carbocycles. The third-order valence-corrected chi connectivity index (χ3v) is 3.26. The van der Waals surface area contributed by atoms with Gasteiger partial charge in [0.15, 0.2) is 5.30 Å². The Labute approximate surface area is 102 Å². The van der Waals surface area contributed by atoms with Crippen LogP contribution in [0.5, 0.6) is 0 Å². The average molecular weight is 313 g/mol. The van der Waals surface area contributed by atoms with E-state index in [-0.39, 0.29) is 0 Å². The molecule has 1 nitrogen and oxygen atoms in total. The molecule has 1 aromatic rings. The SMILES string of the molecule is FC(F)(F)C(O[P+](F)(F)c1ccccc1)C(F)(F)F. The summed E-state index contributed by atoms with van der Waals surface area (Å²) in [5, 5.41) is -0.992. The molecule has 0 bridgehead atoms. The summed E-state index contributed by atoms with van der Waals surface area (Å²) in [4.78, 5) is 0. The summed E-state index contributed by atoms with van der Waals surface area (Å²) in [6, 6.07) is 4.81. The predicted octanol–water partition coefficient (Wildman–Crippen LogP) is 4.52. The monoisotopic (exact) mass is 313 g/mol. The smallest absolute Gasteiger partial charge is 0.167 e. The highest BCUT2D eigenvalue weighted by atomic mass is 31.3. The van der Waals surface area contributed by atoms with Gasteiger partial charge in [0.2, 0.25) is 0 Å². The van der Waals surface area contributed by atoms with Crippen LogP contribution in [0.2, 0.25) is 0 Å². The fourth-order valence-electron chi connectivity index (χ4n) is 1.10. The van der Waals surface area contributed by atoms with E-state index in [9.17, 15) is 34.7 Å². The predicted molar refractivity (Wildman–Crippen MR) is 52.2 cm³/mol. The van der Waals surface area contributed by atoms with Crippen LogP contribution in [-0.4, -0.2) is 18.5 Å². The van der Waals surface area contributed by atoms with Crippen LogP contribution in [0.25, 0.3) is 0 Å². The van der Waals surface area contributed by atoms with Crippen LogP contribution < -0.4 is 5.30 Å². The van der Waals surface area contributed by atoms with Crippen molar-refractivity contribution in [3.63, 3.8) is 0 Å². The maximum absolute atomic E-state index is 13.4. The molecule has 0 N–H and O–H groups in total. The molecule has 1 rings (SSSR count). The lowest BCUT2D eigenvalue weighted by atomic mass is 10.3. The number of alkyl halides is 6. The fourth-order valence-corrected chi connectivity index (χ4v) is 2.24. The number of halogens is 8. The van der Waals surface area contributed by atoms with Crippen molar-refractivity contribution in [3.05, 3.63) is 30.3 Å². The van der Waals surface area contributed by atoms with Crippen molar-refractivity contribution in [2.45, 2.75) is 18.5 Å². The van der Waals surface area contributed by atoms with Gasteiger partial charge >= 0.3 is 20.5 Å². The normalized spacial score (nSPS) is 13.9. The van der Waals surface area contributed by atoms with Crippen LogP contribution in [0.15, 0.2) is 30.3 Å². The van der Waals surface area contributed by atoms with Gasteiger partial charge in [-0.25, -0.2) is 0 Å². The Morgan fingerprint density at radius 3 is 1.63 bits per heavy atom. The summed E-state index contributed by atoms with van der Waals surface area (Å²) in [5.74, 6) is 0. The third-order valence-electron chi connectivity index (χ3n) is 1.89. The summed E-state index contributed by atoms with van der Waals surface area (Å²) in [7, 11) is -5.98. The molecule has 0 aliphatic heterocycles. The second-order valence-corrected chi connectivity index (χ2v) is 5.02. The van der Waals surface area contributed by atoms with Crippen molar-refractivity contribution in [3.8, 4) is 0 Å². The van der Waals surface area contributed by atoms with E-state index in [1.165, 1.54) is 6.07 Å². The van der Waals surface area contributed by atoms with Crippen LogP contribution in [0.4, 0.5) is 34.7 Å². The Kier molecular flexibility index (Phi) is 4.41. The van der Waals surface area contributed by atoms with E-state index >= 15 is 0 Å². The first kappa shape index (κ1) is 16.1. The summed E-state index contributed by atoms with van der Waals surface area (Å²) in [6.45, 7) is 0. The highest BCUT2D eigenvalue weighted by Crippen LogP contribution is 2.65. The molecular formula is C9H6F8OP+. The minimum absolute atomic E-state index is 0.706. The first-order valence-corrected chi connectivity index (χ1v) is 6.09. The van der Waals surface area contributed by atoms with Crippen molar-refractivity contribution in [1.82, 2.24) is 0 Å². The van der Waals surface area contributed by atoms with Crippen molar-refractivity contribution < 1.29 is 39.3 Å². The molecule has 108 valence electrons. The van der Waals surface area contributed by atoms with E-state index < -0.39 is 31.9 Å². The lowest BCUT2D eigenvalue weighted by Crippen LogP contribution is -2.44. The van der Waals surface area contributed by atoms with Gasteiger partial charge < -0.3 is 0 Å². The van der Waals surface area contributed by atoms with Crippen molar-refractivity contribution >= 4 is 13.4 Å². The summed E-state index contributed by atoms with van der Waals surface area (Å²) < 4.78 is 102. The summed E-state index contributed by atoms with van der Waals surface area (Å²) >= 11 is 0. The molecule has 0 saturated heterocycles. The number of hydrogen-bond acceptors (Lipinski definition) is 1. The number of benzene rings is 1. The van der Waals surface area contributed by atoms with Crippen molar-refractivity contribution in [1.29, 1.82) is 0 Å². The van der Waals surface area contributed by atoms with Gasteiger partial charge in [0.25, 0.3) is 6.10 Å². The van der Waals surface area contributed by atoms with Crippen LogP contribution in [0.3, 0.4) is 0 Å². The highest BCUT2D eigenvalue weighted by molar-refractivity contribution is 7.68. The topological polar surface area (TPSA) is 9.23 Å². The Morgan fingerprint density at radius 2 is 1.26 bits per heavy atom. The zero-order valence-electron chi connectivity index (χ0n) is 8.84. The molecular weight excluding hydrogens is 307 g/mol. The quantitative estimate of drug-likeness (QED) is 0.589. The Morgan fingerprint density at radius 1 is 0.842 bits per heavy atom. The molecule has 0 spiro atoms. The average Bonchev–Trinajstić information content (AvgIpc) is 2.24. The maximum Gasteiger partial charge on any atom is 0.555 e. The Balaban J connectivity index is 3.03. The lowest BCUT2D eigenvalue weighted by molar-refractivity contribution is -0.301. The van der Waals surface area contributed by atoms with Gasteiger partial charge in [0, 0.05) is 8.39 Å². The van der Waals surface area contributed by atoms with Gasteiger partial charge in [0.05, 0.1) is 0 Å². The largest absolute Gasteiger partial charge is 0.555 e. The van der Waals surface area contributed by atoms with E-state index in [0.29, 0.717) is 12.1 Å². The molecule has 0 amide bonds. The van der Waals surface area contributed by atoms with E-state index in [4.69, 9.17) is 0 Å². The molecule has 0 radical (unpaired) electrons. The first-order valence-electron chi connectivity index (χ1n) is 4.60. The molecule has 0 fully saturated rings. The molecule has 19 heavy (non-hydrogen) atoms. The molecule has 0 saturated carbocycles. The number of rotatable bonds is 3. The van der Waals surface area contributed by atoms with Crippen LogP contribution in [0.1, 0.15) is 0 Å². The first-order chi connectivity index (χ1) is 8.44. The van der Waals surface area contributed by atoms with Gasteiger partial charge in [0.1, 0.15) is 0 Å². The van der Waals surface area contributed by atoms with Crippen LogP contribution >= 0.6 is 8.11 Å². The minimum atomic E-state index is -5.98. The third kappa shape index (κ3) is 4.28. The van der Waals surface area contributed by atoms with Gasteiger partial charge in [-0.1, -0.05) is 18.2 Å². The highest BCUT2D eigenvalue weighted by Gasteiger charge is 2.66. The molecule has 0 aliphatic rings. The van der Waals surface area contributed by atoms with E-state index in [1.54, 1.807) is 0 Å². The Bertz CT molecular complexity index is 398. The zero-order chi connectivity index (χ0) is 14.9. The van der Waals surface area contributed by atoms with E-state index in [1.807, 2.05) is 0 Å². The summed E-state index contributed by atoms with van der Waals surface area (Å²) in [5.41, 5.74) is 0. The van der Waals surface area contributed by atoms with Crippen molar-refractivity contribution in [2.24, 2.45) is 0 Å². The van der Waals surface area contributed by atoms with E-state index in [2.05, 4.69) is 4.52 Å². The lowest BCUT2D eigenvalue weighted by Gasteiger charge is -2.21. The van der Waals surface area contributed by atoms with Gasteiger partial charge in [-0.05, 0) is 12.1 Å². The minimum Gasteiger partial charge on any atom is -0.167 e. The molecule has 0 unspecified atom stereocenters. The maximum atomic E-state index is 13.4. The van der Waals surface area contributed by atoms with Gasteiger partial charge in [-0.15, -0.1) is 4.52 Å². The fraction of sp³-hybridized carbons (Fsp3) is 0.333. The molecule has 0 aromatic heterocycles. The Hall–Kier alpha value is -0.950. The molecule has 10 heteroatoms. The second kappa shape index (κ2) is 5.20. The summed E-state index contributed by atoms with van der Waals surface area (Å²) in [6.07, 6.45) is -16.4. The van der Waals surface area contributed by atoms with Crippen molar-refractivity contribution in [2.75, 3.05) is 0 Å².